The zero-order valence-corrected chi connectivity index (χ0v) is 15.1. The third-order valence-corrected chi connectivity index (χ3v) is 5.06. The minimum Gasteiger partial charge on any atom is -0.481 e. The maximum atomic E-state index is 13.8. The highest BCUT2D eigenvalue weighted by molar-refractivity contribution is 5.96. The number of nitrogens with zero attached hydrogens (tertiary/aromatic N) is 1. The highest BCUT2D eigenvalue weighted by Gasteiger charge is 2.35. The summed E-state index contributed by atoms with van der Waals surface area (Å²) in [7, 11) is 0. The monoisotopic (exact) mass is 371 g/mol. The lowest BCUT2D eigenvalue weighted by atomic mass is 9.93. The van der Waals surface area contributed by atoms with Crippen molar-refractivity contribution in [1.82, 2.24) is 4.90 Å². The van der Waals surface area contributed by atoms with Gasteiger partial charge in [0.1, 0.15) is 11.7 Å². The third-order valence-electron chi connectivity index (χ3n) is 5.06. The van der Waals surface area contributed by atoms with Crippen molar-refractivity contribution in [2.24, 2.45) is 5.92 Å². The Hall–Kier alpha value is -2.73. The fourth-order valence-corrected chi connectivity index (χ4v) is 3.39. The molecule has 0 aromatic heterocycles. The Labute approximate surface area is 157 Å². The van der Waals surface area contributed by atoms with Crippen LogP contribution in [0.1, 0.15) is 33.5 Å². The van der Waals surface area contributed by atoms with Gasteiger partial charge in [0, 0.05) is 18.7 Å². The Morgan fingerprint density at radius 3 is 2.67 bits per heavy atom. The van der Waals surface area contributed by atoms with Crippen molar-refractivity contribution in [2.75, 3.05) is 13.1 Å². The van der Waals surface area contributed by atoms with Crippen molar-refractivity contribution in [1.29, 1.82) is 0 Å². The molecule has 1 aliphatic heterocycles. The van der Waals surface area contributed by atoms with E-state index in [1.807, 2.05) is 18.2 Å². The summed E-state index contributed by atoms with van der Waals surface area (Å²) < 4.78 is 13.8. The number of carbonyl (C=O) groups is 2. The molecular formula is C21H22FNO4. The predicted molar refractivity (Wildman–Crippen MR) is 98.0 cm³/mol. The van der Waals surface area contributed by atoms with Crippen molar-refractivity contribution < 1.29 is 24.2 Å². The second-order valence-electron chi connectivity index (χ2n) is 6.97. The summed E-state index contributed by atoms with van der Waals surface area (Å²) in [6.45, 7) is 1.97. The highest BCUT2D eigenvalue weighted by Crippen LogP contribution is 2.23. The summed E-state index contributed by atoms with van der Waals surface area (Å²) in [6, 6.07) is 12.1. The van der Waals surface area contributed by atoms with Gasteiger partial charge in [-0.15, -0.1) is 0 Å². The van der Waals surface area contributed by atoms with Crippen LogP contribution in [-0.2, 0) is 11.2 Å². The topological polar surface area (TPSA) is 77.8 Å². The predicted octanol–water partition coefficient (Wildman–Crippen LogP) is 2.63. The minimum absolute atomic E-state index is 0.0250. The number of carboxylic acid groups (broad SMARTS) is 1. The van der Waals surface area contributed by atoms with E-state index in [4.69, 9.17) is 0 Å². The number of carbonyl (C=O) groups excluding carboxylic acids is 1. The zero-order chi connectivity index (χ0) is 19.6. The van der Waals surface area contributed by atoms with Crippen LogP contribution in [0.2, 0.25) is 0 Å². The first-order valence-corrected chi connectivity index (χ1v) is 8.90. The van der Waals surface area contributed by atoms with E-state index in [2.05, 4.69) is 0 Å². The van der Waals surface area contributed by atoms with E-state index in [-0.39, 0.29) is 24.7 Å². The number of aliphatic hydroxyl groups excluding tert-OH is 1. The second-order valence-corrected chi connectivity index (χ2v) is 6.97. The van der Waals surface area contributed by atoms with Crippen LogP contribution >= 0.6 is 0 Å². The van der Waals surface area contributed by atoms with Gasteiger partial charge in [-0.3, -0.25) is 9.59 Å². The highest BCUT2D eigenvalue weighted by atomic mass is 19.1. The molecule has 1 fully saturated rings. The number of rotatable bonds is 4. The lowest BCUT2D eigenvalue weighted by Crippen LogP contribution is -2.48. The Balaban J connectivity index is 1.83. The second kappa shape index (κ2) is 7.88. The quantitative estimate of drug-likeness (QED) is 0.866. The van der Waals surface area contributed by atoms with Gasteiger partial charge >= 0.3 is 5.97 Å². The maximum absolute atomic E-state index is 13.8. The standard InChI is InChI=1S/C21H22FNO4/c1-13-6-7-14(11-18(13)22)10-15-4-2-3-5-16(15)20(25)23-9-8-19(24)17(12-23)21(26)27/h2-7,11,17,19,24H,8-10,12H2,1H3,(H,26,27)/t17-,19+/m1/s1. The van der Waals surface area contributed by atoms with Gasteiger partial charge < -0.3 is 15.1 Å². The van der Waals surface area contributed by atoms with Crippen LogP contribution in [0.15, 0.2) is 42.5 Å². The summed E-state index contributed by atoms with van der Waals surface area (Å²) in [5.41, 5.74) is 2.55. The minimum atomic E-state index is -1.11. The smallest absolute Gasteiger partial charge is 0.310 e. The van der Waals surface area contributed by atoms with Gasteiger partial charge in [-0.1, -0.05) is 30.3 Å². The molecule has 1 saturated heterocycles. The number of halogens is 1. The molecule has 0 radical (unpaired) electrons. The molecule has 1 amide bonds. The van der Waals surface area contributed by atoms with Crippen LogP contribution in [0.25, 0.3) is 0 Å². The molecule has 2 atom stereocenters. The van der Waals surface area contributed by atoms with Crippen molar-refractivity contribution >= 4 is 11.9 Å². The number of amides is 1. The number of aryl methyl sites for hydroxylation is 1. The van der Waals surface area contributed by atoms with E-state index in [9.17, 15) is 24.2 Å². The van der Waals surface area contributed by atoms with E-state index < -0.39 is 18.0 Å². The number of piperidine rings is 1. The molecule has 2 N–H and O–H groups in total. The van der Waals surface area contributed by atoms with E-state index in [0.29, 0.717) is 24.1 Å². The average Bonchev–Trinajstić information content (AvgIpc) is 2.65. The van der Waals surface area contributed by atoms with Crippen LogP contribution in [0, 0.1) is 18.7 Å². The van der Waals surface area contributed by atoms with Crippen LogP contribution in [-0.4, -0.2) is 46.2 Å². The van der Waals surface area contributed by atoms with E-state index in [1.54, 1.807) is 25.1 Å². The first kappa shape index (κ1) is 19.0. The van der Waals surface area contributed by atoms with Crippen molar-refractivity contribution in [3.63, 3.8) is 0 Å². The summed E-state index contributed by atoms with van der Waals surface area (Å²) in [4.78, 5) is 25.8. The summed E-state index contributed by atoms with van der Waals surface area (Å²) in [6.07, 6.45) is -0.316. The Bertz CT molecular complexity index is 867. The van der Waals surface area contributed by atoms with Gasteiger partial charge in [0.15, 0.2) is 0 Å². The van der Waals surface area contributed by atoms with Gasteiger partial charge in [0.25, 0.3) is 5.91 Å². The fraction of sp³-hybridized carbons (Fsp3) is 0.333. The molecule has 2 aromatic rings. The average molecular weight is 371 g/mol. The molecule has 142 valence electrons. The molecule has 0 spiro atoms. The molecule has 5 nitrogen and oxygen atoms in total. The number of aliphatic carboxylic acids is 1. The SMILES string of the molecule is Cc1ccc(Cc2ccccc2C(=O)N2CC[C@H](O)[C@H](C(=O)O)C2)cc1F. The molecule has 0 unspecified atom stereocenters. The molecule has 27 heavy (non-hydrogen) atoms. The zero-order valence-electron chi connectivity index (χ0n) is 15.1. The Morgan fingerprint density at radius 1 is 1.22 bits per heavy atom. The fourth-order valence-electron chi connectivity index (χ4n) is 3.39. The van der Waals surface area contributed by atoms with Crippen LogP contribution < -0.4 is 0 Å². The summed E-state index contributed by atoms with van der Waals surface area (Å²) in [5, 5.41) is 19.1. The Kier molecular flexibility index (Phi) is 5.56. The third kappa shape index (κ3) is 4.17. The van der Waals surface area contributed by atoms with Crippen LogP contribution in [0.3, 0.4) is 0 Å². The number of hydrogen-bond donors (Lipinski definition) is 2. The number of benzene rings is 2. The van der Waals surface area contributed by atoms with Gasteiger partial charge in [-0.2, -0.15) is 0 Å². The molecule has 3 rings (SSSR count). The van der Waals surface area contributed by atoms with Gasteiger partial charge in [-0.05, 0) is 48.6 Å². The lowest BCUT2D eigenvalue weighted by molar-refractivity contribution is -0.148. The van der Waals surface area contributed by atoms with Crippen molar-refractivity contribution in [2.45, 2.75) is 25.9 Å². The normalized spacial score (nSPS) is 19.7. The van der Waals surface area contributed by atoms with Gasteiger partial charge in [0.05, 0.1) is 6.10 Å². The molecule has 1 heterocycles. The van der Waals surface area contributed by atoms with E-state index in [1.165, 1.54) is 11.0 Å². The van der Waals surface area contributed by atoms with E-state index in [0.717, 1.165) is 11.1 Å². The number of aliphatic hydroxyl groups is 1. The summed E-state index contributed by atoms with van der Waals surface area (Å²) >= 11 is 0. The molecule has 0 bridgehead atoms. The molecule has 0 aliphatic carbocycles. The molecule has 6 heteroatoms. The van der Waals surface area contributed by atoms with Gasteiger partial charge in [-0.25, -0.2) is 4.39 Å². The largest absolute Gasteiger partial charge is 0.481 e. The van der Waals surface area contributed by atoms with Crippen molar-refractivity contribution in [3.05, 3.63) is 70.5 Å². The lowest BCUT2D eigenvalue weighted by Gasteiger charge is -2.34. The van der Waals surface area contributed by atoms with Crippen LogP contribution in [0.5, 0.6) is 0 Å². The number of likely N-dealkylation sites (tertiary alicyclic amines) is 1. The first-order valence-electron chi connectivity index (χ1n) is 8.90. The van der Waals surface area contributed by atoms with Crippen LogP contribution in [0.4, 0.5) is 4.39 Å². The van der Waals surface area contributed by atoms with Crippen molar-refractivity contribution in [3.8, 4) is 0 Å². The summed E-state index contributed by atoms with van der Waals surface area (Å²) in [5.74, 6) is -2.65. The molecular weight excluding hydrogens is 349 g/mol. The van der Waals surface area contributed by atoms with Gasteiger partial charge in [0.2, 0.25) is 0 Å². The Morgan fingerprint density at radius 2 is 1.96 bits per heavy atom. The number of carboxylic acids is 1. The first-order chi connectivity index (χ1) is 12.9. The number of hydrogen-bond acceptors (Lipinski definition) is 3. The molecule has 2 aromatic carbocycles. The maximum Gasteiger partial charge on any atom is 0.310 e. The van der Waals surface area contributed by atoms with E-state index >= 15 is 0 Å². The molecule has 0 saturated carbocycles. The molecule has 1 aliphatic rings.